The van der Waals surface area contributed by atoms with Gasteiger partial charge in [0.15, 0.2) is 5.78 Å². The number of amides is 1. The lowest BCUT2D eigenvalue weighted by Crippen LogP contribution is -2.53. The third-order valence-electron chi connectivity index (χ3n) is 11.6. The molecule has 0 saturated carbocycles. The molecule has 1 aromatic carbocycles. The first kappa shape index (κ1) is 35.2. The summed E-state index contributed by atoms with van der Waals surface area (Å²) in [5.74, 6) is -5.76. The van der Waals surface area contributed by atoms with Gasteiger partial charge in [-0.05, 0) is 45.1 Å². The van der Waals surface area contributed by atoms with E-state index in [9.17, 15) is 19.5 Å². The van der Waals surface area contributed by atoms with Crippen molar-refractivity contribution in [1.82, 2.24) is 0 Å². The number of aliphatic hydroxyl groups is 1. The lowest BCUT2D eigenvalue weighted by Gasteiger charge is -2.41. The number of nitrogens with zero attached hydrogens (tertiary/aromatic N) is 2. The molecule has 4 aliphatic rings. The topological polar surface area (TPSA) is 127 Å². The van der Waals surface area contributed by atoms with Crippen molar-refractivity contribution in [3.63, 3.8) is 0 Å². The van der Waals surface area contributed by atoms with Gasteiger partial charge < -0.3 is 19.3 Å². The number of carbonyl (C=O) groups excluding carboxylic acids is 3. The molecule has 1 amide bonds. The van der Waals surface area contributed by atoms with Gasteiger partial charge in [-0.15, -0.1) is 0 Å². The van der Waals surface area contributed by atoms with Crippen LogP contribution in [0.4, 0.5) is 4.39 Å². The second-order valence-corrected chi connectivity index (χ2v) is 14.6. The minimum atomic E-state index is -2.95. The number of hydrogen-bond donors (Lipinski definition) is 1. The maximum atomic E-state index is 16.2. The van der Waals surface area contributed by atoms with Gasteiger partial charge in [-0.25, -0.2) is 14.2 Å². The van der Waals surface area contributed by atoms with Crippen LogP contribution < -0.4 is 0 Å². The van der Waals surface area contributed by atoms with Crippen LogP contribution in [0.1, 0.15) is 87.1 Å². The number of alkyl halides is 1. The fraction of sp³-hybridized carbons (Fsp3) is 0.649. The third kappa shape index (κ3) is 5.64. The Morgan fingerprint density at radius 2 is 1.77 bits per heavy atom. The van der Waals surface area contributed by atoms with E-state index in [0.717, 1.165) is 12.5 Å². The monoisotopic (exact) mass is 652 g/mol. The number of rotatable bonds is 4. The summed E-state index contributed by atoms with van der Waals surface area (Å²) in [7, 11) is 0. The number of esters is 1. The summed E-state index contributed by atoms with van der Waals surface area (Å²) in [5.41, 5.74) is -5.97. The van der Waals surface area contributed by atoms with Crippen molar-refractivity contribution < 1.29 is 38.1 Å². The molecule has 10 heteroatoms. The van der Waals surface area contributed by atoms with Crippen LogP contribution in [0.15, 0.2) is 52.5 Å². The number of cyclic esters (lactones) is 1. The zero-order valence-corrected chi connectivity index (χ0v) is 29.0. The van der Waals surface area contributed by atoms with Gasteiger partial charge in [-0.2, -0.15) is 0 Å². The van der Waals surface area contributed by atoms with Crippen molar-refractivity contribution >= 4 is 29.1 Å². The summed E-state index contributed by atoms with van der Waals surface area (Å²) in [6, 6.07) is 9.68. The smallest absolute Gasteiger partial charge is 0.351 e. The average molecular weight is 653 g/mol. The van der Waals surface area contributed by atoms with Gasteiger partial charge in [0, 0.05) is 42.7 Å². The fourth-order valence-electron chi connectivity index (χ4n) is 8.17. The van der Waals surface area contributed by atoms with Gasteiger partial charge in [-0.1, -0.05) is 77.1 Å². The molecule has 0 radical (unpaired) electrons. The van der Waals surface area contributed by atoms with Gasteiger partial charge >= 0.3 is 5.97 Å². The molecular formula is C37H49FN2O7. The summed E-state index contributed by atoms with van der Waals surface area (Å²) in [6.45, 7) is 15.0. The number of fused-ring (bicyclic) bond motifs is 2. The number of hydrogen-bond acceptors (Lipinski definition) is 8. The number of aliphatic imine (C=N–C) groups is 2. The van der Waals surface area contributed by atoms with Crippen LogP contribution in [0, 0.1) is 29.6 Å². The molecule has 0 aromatic heterocycles. The van der Waals surface area contributed by atoms with Crippen molar-refractivity contribution in [2.45, 2.75) is 122 Å². The molecule has 3 unspecified atom stereocenters. The fourth-order valence-corrected chi connectivity index (χ4v) is 8.17. The molecule has 2 saturated heterocycles. The lowest BCUT2D eigenvalue weighted by molar-refractivity contribution is -0.183. The van der Waals surface area contributed by atoms with E-state index in [-0.39, 0.29) is 19.4 Å². The Kier molecular flexibility index (Phi) is 9.08. The molecule has 2 fully saturated rings. The number of carbonyl (C=O) groups is 3. The van der Waals surface area contributed by atoms with E-state index >= 15 is 4.39 Å². The Morgan fingerprint density at radius 1 is 1.11 bits per heavy atom. The van der Waals surface area contributed by atoms with Gasteiger partial charge in [-0.3, -0.25) is 14.6 Å². The standard InChI is InChI=1S/C37H49FN2O7/c1-10-29-34(8,44)27-17-16-21(2)37(45-20-26-14-12-11-13-15-26)30(39-25(6)41)24(5)36(19-28(18-27)40-37)35(9,47-36)23(4)22(3)31(42)33(7,38)32(43)46-29/h11-17,21-24,27,29,44H,10,18-20H2,1-9H3/b17-16+,39-30?/t21-,22-,23-,24+,27?,29-,33+,34+,35+,36?,37?/m1/s1. The van der Waals surface area contributed by atoms with Gasteiger partial charge in [0.25, 0.3) is 5.67 Å². The minimum Gasteiger partial charge on any atom is -0.457 e. The first-order chi connectivity index (χ1) is 21.9. The summed E-state index contributed by atoms with van der Waals surface area (Å²) in [6.07, 6.45) is 3.39. The number of benzene rings is 1. The maximum absolute atomic E-state index is 16.2. The number of ketones is 1. The van der Waals surface area contributed by atoms with Crippen LogP contribution in [0.3, 0.4) is 0 Å². The van der Waals surface area contributed by atoms with Crippen LogP contribution in [0.5, 0.6) is 0 Å². The van der Waals surface area contributed by atoms with Crippen molar-refractivity contribution in [3.05, 3.63) is 48.0 Å². The zero-order chi connectivity index (χ0) is 34.7. The molecular weight excluding hydrogens is 603 g/mol. The van der Waals surface area contributed by atoms with Crippen molar-refractivity contribution in [3.8, 4) is 0 Å². The van der Waals surface area contributed by atoms with Crippen molar-refractivity contribution in [1.29, 1.82) is 0 Å². The van der Waals surface area contributed by atoms with E-state index in [2.05, 4.69) is 4.99 Å². The Hall–Kier alpha value is -3.08. The average Bonchev–Trinajstić information content (AvgIpc) is 3.66. The second kappa shape index (κ2) is 12.1. The predicted octanol–water partition coefficient (Wildman–Crippen LogP) is 5.76. The van der Waals surface area contributed by atoms with Crippen LogP contribution in [-0.2, 0) is 35.2 Å². The van der Waals surface area contributed by atoms with Crippen molar-refractivity contribution in [2.24, 2.45) is 39.6 Å². The third-order valence-corrected chi connectivity index (χ3v) is 11.6. The number of epoxide rings is 1. The van der Waals surface area contributed by atoms with E-state index < -0.39 is 81.6 Å². The number of halogens is 1. The second-order valence-electron chi connectivity index (χ2n) is 14.6. The molecule has 11 atom stereocenters. The zero-order valence-electron chi connectivity index (χ0n) is 29.0. The summed E-state index contributed by atoms with van der Waals surface area (Å²) >= 11 is 0. The molecule has 1 spiro atoms. The maximum Gasteiger partial charge on any atom is 0.351 e. The molecule has 4 heterocycles. The highest BCUT2D eigenvalue weighted by Gasteiger charge is 2.75. The normalized spacial score (nSPS) is 45.2. The van der Waals surface area contributed by atoms with E-state index in [0.29, 0.717) is 17.8 Å². The molecule has 4 aliphatic heterocycles. The SMILES string of the molecule is CC[C@H]1OC(=O)[C@@](C)(F)C(=O)[C@H](C)[C@@H](C)[C@]2(C)OC23CC2=NC(OCc4ccccc4)(C(=NC(C)=O)[C@@H]3C)[C@H](C)/C=C/C(C2)[C@]1(C)O. The Labute approximate surface area is 277 Å². The summed E-state index contributed by atoms with van der Waals surface area (Å²) < 4.78 is 35.4. The van der Waals surface area contributed by atoms with E-state index in [4.69, 9.17) is 19.2 Å². The van der Waals surface area contributed by atoms with Gasteiger partial charge in [0.1, 0.15) is 17.3 Å². The van der Waals surface area contributed by atoms with Crippen LogP contribution in [0.2, 0.25) is 0 Å². The molecule has 1 aromatic rings. The largest absolute Gasteiger partial charge is 0.457 e. The molecule has 4 bridgehead atoms. The van der Waals surface area contributed by atoms with E-state index in [1.807, 2.05) is 70.2 Å². The minimum absolute atomic E-state index is 0.184. The van der Waals surface area contributed by atoms with Gasteiger partial charge in [0.2, 0.25) is 11.6 Å². The summed E-state index contributed by atoms with van der Waals surface area (Å²) in [5, 5.41) is 12.1. The van der Waals surface area contributed by atoms with E-state index in [1.165, 1.54) is 6.92 Å². The highest BCUT2D eigenvalue weighted by Crippen LogP contribution is 2.63. The first-order valence-corrected chi connectivity index (χ1v) is 16.8. The lowest BCUT2D eigenvalue weighted by atomic mass is 9.67. The highest BCUT2D eigenvalue weighted by atomic mass is 19.1. The molecule has 9 nitrogen and oxygen atoms in total. The van der Waals surface area contributed by atoms with Crippen LogP contribution in [0.25, 0.3) is 0 Å². The van der Waals surface area contributed by atoms with Crippen LogP contribution >= 0.6 is 0 Å². The predicted molar refractivity (Wildman–Crippen MR) is 176 cm³/mol. The van der Waals surface area contributed by atoms with E-state index in [1.54, 1.807) is 20.8 Å². The van der Waals surface area contributed by atoms with Gasteiger partial charge in [0.05, 0.1) is 17.9 Å². The highest BCUT2D eigenvalue weighted by molar-refractivity contribution is 6.08. The quantitative estimate of drug-likeness (QED) is 0.190. The Bertz CT molecular complexity index is 1520. The first-order valence-electron chi connectivity index (χ1n) is 16.8. The number of Topliss-reactive ketones (excluding diaryl/α,β-unsaturated/α-hetero) is 1. The van der Waals surface area contributed by atoms with Crippen LogP contribution in [-0.4, -0.2) is 68.5 Å². The molecule has 256 valence electrons. The summed E-state index contributed by atoms with van der Waals surface area (Å²) in [4.78, 5) is 49.9. The number of ether oxygens (including phenoxy) is 3. The Balaban J connectivity index is 1.75. The molecule has 0 aliphatic carbocycles. The Morgan fingerprint density at radius 3 is 2.38 bits per heavy atom. The molecule has 5 rings (SSSR count). The van der Waals surface area contributed by atoms with Crippen molar-refractivity contribution in [2.75, 3.05) is 0 Å². The molecule has 47 heavy (non-hydrogen) atoms. The molecule has 1 N–H and O–H groups in total.